The molecule has 3 amide bonds. The standard InChI is InChI=1S/C23H15Cl2N3O6S/c1-12-2-4-14(9-17(12)25)26-21(29)11-27-22(30)20(35-23(27)31)10-15-5-7-19(34-15)16-6-3-13(24)8-18(16)28(32)33/h2-10H,11H2,1H3,(H,26,29)/b20-10+. The Hall–Kier alpha value is -3.60. The first-order chi connectivity index (χ1) is 16.6. The van der Waals surface area contributed by atoms with E-state index in [2.05, 4.69) is 5.32 Å². The van der Waals surface area contributed by atoms with Crippen molar-refractivity contribution in [2.75, 3.05) is 11.9 Å². The molecule has 1 fully saturated rings. The lowest BCUT2D eigenvalue weighted by Crippen LogP contribution is -2.36. The van der Waals surface area contributed by atoms with Gasteiger partial charge in [-0.05, 0) is 60.6 Å². The Morgan fingerprint density at radius 2 is 1.94 bits per heavy atom. The zero-order valence-corrected chi connectivity index (χ0v) is 20.2. The number of nitrogens with zero attached hydrogens (tertiary/aromatic N) is 2. The Morgan fingerprint density at radius 3 is 2.66 bits per heavy atom. The van der Waals surface area contributed by atoms with Crippen LogP contribution < -0.4 is 5.32 Å². The van der Waals surface area contributed by atoms with Crippen LogP contribution in [0.4, 0.5) is 16.2 Å². The van der Waals surface area contributed by atoms with E-state index in [0.717, 1.165) is 10.5 Å². The van der Waals surface area contributed by atoms with Gasteiger partial charge in [0.15, 0.2) is 0 Å². The topological polar surface area (TPSA) is 123 Å². The lowest BCUT2D eigenvalue weighted by Gasteiger charge is -2.12. The lowest BCUT2D eigenvalue weighted by molar-refractivity contribution is -0.384. The van der Waals surface area contributed by atoms with E-state index < -0.39 is 28.5 Å². The quantitative estimate of drug-likeness (QED) is 0.230. The SMILES string of the molecule is Cc1ccc(NC(=O)CN2C(=O)S/C(=C/c3ccc(-c4ccc(Cl)cc4[N+](=O)[O-])o3)C2=O)cc1Cl. The van der Waals surface area contributed by atoms with Crippen LogP contribution in [0, 0.1) is 17.0 Å². The van der Waals surface area contributed by atoms with Crippen LogP contribution in [-0.2, 0) is 9.59 Å². The third-order valence-electron chi connectivity index (χ3n) is 4.95. The molecule has 1 N–H and O–H groups in total. The number of benzene rings is 2. The average molecular weight is 532 g/mol. The van der Waals surface area contributed by atoms with Crippen LogP contribution in [0.2, 0.25) is 10.0 Å². The molecule has 2 aromatic carbocycles. The van der Waals surface area contributed by atoms with Gasteiger partial charge in [0.2, 0.25) is 5.91 Å². The molecule has 0 unspecified atom stereocenters. The van der Waals surface area contributed by atoms with Gasteiger partial charge in [-0.25, -0.2) is 0 Å². The number of amides is 3. The van der Waals surface area contributed by atoms with Crippen LogP contribution in [0.3, 0.4) is 0 Å². The van der Waals surface area contributed by atoms with Crippen molar-refractivity contribution >= 4 is 69.5 Å². The Balaban J connectivity index is 1.49. The highest BCUT2D eigenvalue weighted by Crippen LogP contribution is 2.36. The van der Waals surface area contributed by atoms with E-state index in [4.69, 9.17) is 27.6 Å². The van der Waals surface area contributed by atoms with Crippen molar-refractivity contribution in [3.8, 4) is 11.3 Å². The lowest BCUT2D eigenvalue weighted by atomic mass is 10.1. The summed E-state index contributed by atoms with van der Waals surface area (Å²) >= 11 is 12.6. The molecule has 0 atom stereocenters. The van der Waals surface area contributed by atoms with E-state index in [1.54, 1.807) is 18.2 Å². The van der Waals surface area contributed by atoms with Crippen molar-refractivity contribution in [1.82, 2.24) is 4.90 Å². The van der Waals surface area contributed by atoms with Gasteiger partial charge in [0.25, 0.3) is 16.8 Å². The number of hydrogen-bond donors (Lipinski definition) is 1. The van der Waals surface area contributed by atoms with Crippen molar-refractivity contribution in [3.63, 3.8) is 0 Å². The van der Waals surface area contributed by atoms with Crippen molar-refractivity contribution in [2.24, 2.45) is 0 Å². The number of nitro benzene ring substituents is 1. The van der Waals surface area contributed by atoms with Gasteiger partial charge >= 0.3 is 0 Å². The van der Waals surface area contributed by atoms with Crippen LogP contribution in [0.1, 0.15) is 11.3 Å². The number of hydrogen-bond acceptors (Lipinski definition) is 7. The third kappa shape index (κ3) is 5.40. The van der Waals surface area contributed by atoms with E-state index in [9.17, 15) is 24.5 Å². The molecule has 0 bridgehead atoms. The van der Waals surface area contributed by atoms with Crippen LogP contribution in [0.5, 0.6) is 0 Å². The number of anilines is 1. The molecular weight excluding hydrogens is 517 g/mol. The number of nitro groups is 1. The van der Waals surface area contributed by atoms with Gasteiger partial charge in [0.05, 0.1) is 15.4 Å². The van der Waals surface area contributed by atoms with Gasteiger partial charge in [0, 0.05) is 27.9 Å². The predicted octanol–water partition coefficient (Wildman–Crippen LogP) is 6.15. The van der Waals surface area contributed by atoms with Crippen molar-refractivity contribution in [1.29, 1.82) is 0 Å². The molecule has 9 nitrogen and oxygen atoms in total. The van der Waals surface area contributed by atoms with E-state index in [1.807, 2.05) is 6.92 Å². The zero-order valence-electron chi connectivity index (χ0n) is 17.9. The largest absolute Gasteiger partial charge is 0.456 e. The minimum absolute atomic E-state index is 0.0488. The molecule has 178 valence electrons. The van der Waals surface area contributed by atoms with Gasteiger partial charge in [-0.3, -0.25) is 29.4 Å². The highest BCUT2D eigenvalue weighted by atomic mass is 35.5. The van der Waals surface area contributed by atoms with Crippen molar-refractivity contribution < 1.29 is 23.7 Å². The van der Waals surface area contributed by atoms with Crippen LogP contribution in [-0.4, -0.2) is 33.4 Å². The number of aryl methyl sites for hydroxylation is 1. The molecule has 35 heavy (non-hydrogen) atoms. The van der Waals surface area contributed by atoms with E-state index in [0.29, 0.717) is 22.5 Å². The Morgan fingerprint density at radius 1 is 1.17 bits per heavy atom. The highest BCUT2D eigenvalue weighted by molar-refractivity contribution is 8.18. The molecule has 1 aliphatic rings. The minimum Gasteiger partial charge on any atom is -0.456 e. The van der Waals surface area contributed by atoms with Crippen molar-refractivity contribution in [2.45, 2.75) is 6.92 Å². The van der Waals surface area contributed by atoms with Crippen LogP contribution in [0.15, 0.2) is 57.9 Å². The second kappa shape index (κ2) is 9.95. The summed E-state index contributed by atoms with van der Waals surface area (Å²) in [4.78, 5) is 49.1. The summed E-state index contributed by atoms with van der Waals surface area (Å²) < 4.78 is 5.65. The molecule has 1 saturated heterocycles. The summed E-state index contributed by atoms with van der Waals surface area (Å²) in [6, 6.07) is 12.1. The van der Waals surface area contributed by atoms with Crippen molar-refractivity contribution in [3.05, 3.63) is 84.9 Å². The van der Waals surface area contributed by atoms with Crippen LogP contribution in [0.25, 0.3) is 17.4 Å². The predicted molar refractivity (Wildman–Crippen MR) is 133 cm³/mol. The summed E-state index contributed by atoms with van der Waals surface area (Å²) in [6.07, 6.45) is 1.34. The van der Waals surface area contributed by atoms with E-state index >= 15 is 0 Å². The first-order valence-electron chi connectivity index (χ1n) is 9.98. The fraction of sp³-hybridized carbons (Fsp3) is 0.0870. The molecule has 4 rings (SSSR count). The molecule has 0 radical (unpaired) electrons. The van der Waals surface area contributed by atoms with E-state index in [1.165, 1.54) is 36.4 Å². The number of carbonyl (C=O) groups is 3. The molecule has 0 saturated carbocycles. The maximum Gasteiger partial charge on any atom is 0.294 e. The van der Waals surface area contributed by atoms with Gasteiger partial charge in [0.1, 0.15) is 18.1 Å². The summed E-state index contributed by atoms with van der Waals surface area (Å²) in [5, 5.41) is 14.0. The first kappa shape index (κ1) is 24.5. The normalized spacial score (nSPS) is 14.6. The summed E-state index contributed by atoms with van der Waals surface area (Å²) in [6.45, 7) is 1.34. The number of nitrogens with one attached hydrogen (secondary N) is 1. The number of rotatable bonds is 6. The minimum atomic E-state index is -0.660. The Labute approximate surface area is 212 Å². The molecule has 1 aliphatic heterocycles. The van der Waals surface area contributed by atoms with Gasteiger partial charge in [-0.2, -0.15) is 0 Å². The Kier molecular flexibility index (Phi) is 6.97. The number of halogens is 2. The number of carbonyl (C=O) groups excluding carboxylic acids is 3. The maximum atomic E-state index is 12.7. The van der Waals surface area contributed by atoms with Gasteiger partial charge in [-0.1, -0.05) is 29.3 Å². The molecule has 0 spiro atoms. The molecule has 0 aliphatic carbocycles. The number of thioether (sulfide) groups is 1. The average Bonchev–Trinajstić information content (AvgIpc) is 3.36. The maximum absolute atomic E-state index is 12.7. The fourth-order valence-corrected chi connectivity index (χ4v) is 4.38. The Bertz CT molecular complexity index is 1420. The zero-order chi connectivity index (χ0) is 25.3. The highest BCUT2D eigenvalue weighted by Gasteiger charge is 2.36. The third-order valence-corrected chi connectivity index (χ3v) is 6.50. The smallest absolute Gasteiger partial charge is 0.294 e. The second-order valence-electron chi connectivity index (χ2n) is 7.40. The second-order valence-corrected chi connectivity index (χ2v) is 9.24. The molecule has 2 heterocycles. The number of imide groups is 1. The monoisotopic (exact) mass is 531 g/mol. The number of furan rings is 1. The summed E-state index contributed by atoms with van der Waals surface area (Å²) in [7, 11) is 0. The summed E-state index contributed by atoms with van der Waals surface area (Å²) in [5.74, 6) is -0.834. The van der Waals surface area contributed by atoms with Crippen LogP contribution >= 0.6 is 35.0 Å². The summed E-state index contributed by atoms with van der Waals surface area (Å²) in [5.41, 5.74) is 1.25. The molecule has 1 aromatic heterocycles. The first-order valence-corrected chi connectivity index (χ1v) is 11.5. The van der Waals surface area contributed by atoms with Gasteiger partial charge in [-0.15, -0.1) is 0 Å². The molecule has 12 heteroatoms. The molecule has 3 aromatic rings. The van der Waals surface area contributed by atoms with Gasteiger partial charge < -0.3 is 9.73 Å². The fourth-order valence-electron chi connectivity index (χ4n) is 3.22. The van der Waals surface area contributed by atoms with E-state index in [-0.39, 0.29) is 32.7 Å². The molecular formula is C23H15Cl2N3O6S.